The highest BCUT2D eigenvalue weighted by atomic mass is 16.6. The Morgan fingerprint density at radius 1 is 1.04 bits per heavy atom. The molecule has 0 spiro atoms. The number of hydrogen-bond donors (Lipinski definition) is 0. The predicted octanol–water partition coefficient (Wildman–Crippen LogP) is 2.82. The average molecular weight is 376 g/mol. The van der Waals surface area contributed by atoms with Gasteiger partial charge < -0.3 is 14.2 Å². The van der Waals surface area contributed by atoms with E-state index in [4.69, 9.17) is 14.2 Å². The molecule has 3 rings (SSSR count). The summed E-state index contributed by atoms with van der Waals surface area (Å²) < 4.78 is 15.4. The summed E-state index contributed by atoms with van der Waals surface area (Å²) in [5.41, 5.74) is 1.54. The third-order valence-electron chi connectivity index (χ3n) is 5.98. The first-order valence-corrected chi connectivity index (χ1v) is 9.40. The molecule has 0 heterocycles. The van der Waals surface area contributed by atoms with Crippen LogP contribution >= 0.6 is 0 Å². The van der Waals surface area contributed by atoms with Crippen LogP contribution in [0.3, 0.4) is 0 Å². The minimum atomic E-state index is -0.530. The number of hydrogen-bond acceptors (Lipinski definition) is 6. The first kappa shape index (κ1) is 19.6. The second-order valence-electron chi connectivity index (χ2n) is 8.73. The van der Waals surface area contributed by atoms with E-state index < -0.39 is 17.5 Å². The molecule has 1 fully saturated rings. The fourth-order valence-corrected chi connectivity index (χ4v) is 5.36. The maximum absolute atomic E-state index is 12.4. The molecule has 3 aliphatic carbocycles. The zero-order chi connectivity index (χ0) is 20.1. The summed E-state index contributed by atoms with van der Waals surface area (Å²) in [6.07, 6.45) is 3.12. The quantitative estimate of drug-likeness (QED) is 0.426. The standard InChI is InChI=1S/C21H28O6/c1-10-7-11(8-14(22)27-21(2,3)4)16-13-9-12(15(10)16)17(19(23)25-5)18(13)20(24)26-6/h7,11-13,15-16H,8-9H2,1-6H3/t11-,12+,13-,15-,16+/m0/s1. The third-order valence-corrected chi connectivity index (χ3v) is 5.98. The minimum absolute atomic E-state index is 0.00120. The molecule has 3 aliphatic rings. The Kier molecular flexibility index (Phi) is 4.95. The highest BCUT2D eigenvalue weighted by Crippen LogP contribution is 2.63. The molecule has 5 atom stereocenters. The largest absolute Gasteiger partial charge is 0.466 e. The van der Waals surface area contributed by atoms with Crippen LogP contribution < -0.4 is 0 Å². The first-order chi connectivity index (χ1) is 12.6. The predicted molar refractivity (Wildman–Crippen MR) is 97.3 cm³/mol. The van der Waals surface area contributed by atoms with Gasteiger partial charge >= 0.3 is 17.9 Å². The molecule has 148 valence electrons. The Hall–Kier alpha value is -2.11. The van der Waals surface area contributed by atoms with Gasteiger partial charge in [0.2, 0.25) is 0 Å². The molecule has 0 amide bonds. The lowest BCUT2D eigenvalue weighted by Gasteiger charge is -2.32. The number of rotatable bonds is 4. The molecule has 0 radical (unpaired) electrons. The molecule has 2 bridgehead atoms. The van der Waals surface area contributed by atoms with Crippen LogP contribution in [0.2, 0.25) is 0 Å². The molecule has 27 heavy (non-hydrogen) atoms. The summed E-state index contributed by atoms with van der Waals surface area (Å²) >= 11 is 0. The van der Waals surface area contributed by atoms with Crippen molar-refractivity contribution in [1.82, 2.24) is 0 Å². The van der Waals surface area contributed by atoms with E-state index >= 15 is 0 Å². The van der Waals surface area contributed by atoms with Crippen molar-refractivity contribution in [2.75, 3.05) is 14.2 Å². The van der Waals surface area contributed by atoms with E-state index in [0.29, 0.717) is 11.1 Å². The Morgan fingerprint density at radius 3 is 2.11 bits per heavy atom. The van der Waals surface area contributed by atoms with E-state index in [1.54, 1.807) is 0 Å². The molecule has 0 unspecified atom stereocenters. The second kappa shape index (κ2) is 6.80. The molecule has 1 saturated carbocycles. The average Bonchev–Trinajstić information content (AvgIpc) is 3.22. The number of carbonyl (C=O) groups is 3. The molecule has 0 saturated heterocycles. The number of carbonyl (C=O) groups excluding carboxylic acids is 3. The summed E-state index contributed by atoms with van der Waals surface area (Å²) in [6.45, 7) is 7.59. The lowest BCUT2D eigenvalue weighted by atomic mass is 9.72. The zero-order valence-electron chi connectivity index (χ0n) is 16.8. The van der Waals surface area contributed by atoms with Gasteiger partial charge in [0.25, 0.3) is 0 Å². The third kappa shape index (κ3) is 3.30. The molecular weight excluding hydrogens is 348 g/mol. The van der Waals surface area contributed by atoms with Gasteiger partial charge in [0.05, 0.1) is 31.8 Å². The molecule has 0 aromatic heterocycles. The number of esters is 3. The van der Waals surface area contributed by atoms with Crippen molar-refractivity contribution in [3.63, 3.8) is 0 Å². The number of fused-ring (bicyclic) bond motifs is 5. The summed E-state index contributed by atoms with van der Waals surface area (Å²) in [5, 5.41) is 0. The molecule has 0 aromatic rings. The highest BCUT2D eigenvalue weighted by Gasteiger charge is 2.60. The van der Waals surface area contributed by atoms with Gasteiger partial charge in [-0.3, -0.25) is 4.79 Å². The van der Waals surface area contributed by atoms with Gasteiger partial charge in [-0.1, -0.05) is 11.6 Å². The summed E-state index contributed by atoms with van der Waals surface area (Å²) in [6, 6.07) is 0. The SMILES string of the molecule is COC(=O)C1=C(C(=O)OC)[C@@H]2C[C@H]1[C@@H]1[C@H]2C(C)=C[C@H]1CC(=O)OC(C)(C)C. The number of allylic oxidation sites excluding steroid dienone is 2. The molecule has 0 aromatic carbocycles. The fourth-order valence-electron chi connectivity index (χ4n) is 5.36. The lowest BCUT2D eigenvalue weighted by molar-refractivity contribution is -0.156. The monoisotopic (exact) mass is 376 g/mol. The second-order valence-corrected chi connectivity index (χ2v) is 8.73. The van der Waals surface area contributed by atoms with Gasteiger partial charge in [-0.2, -0.15) is 0 Å². The number of ether oxygens (including phenoxy) is 3. The van der Waals surface area contributed by atoms with Gasteiger partial charge in [-0.25, -0.2) is 9.59 Å². The van der Waals surface area contributed by atoms with Crippen molar-refractivity contribution in [3.05, 3.63) is 22.8 Å². The van der Waals surface area contributed by atoms with Crippen molar-refractivity contribution >= 4 is 17.9 Å². The van der Waals surface area contributed by atoms with E-state index in [2.05, 4.69) is 6.08 Å². The van der Waals surface area contributed by atoms with E-state index in [1.807, 2.05) is 27.7 Å². The summed E-state index contributed by atoms with van der Waals surface area (Å²) in [4.78, 5) is 37.2. The van der Waals surface area contributed by atoms with E-state index in [1.165, 1.54) is 19.8 Å². The van der Waals surface area contributed by atoms with Gasteiger partial charge in [0, 0.05) is 0 Å². The maximum Gasteiger partial charge on any atom is 0.334 e. The molecule has 0 aliphatic heterocycles. The molecule has 6 nitrogen and oxygen atoms in total. The van der Waals surface area contributed by atoms with Crippen LogP contribution in [0.1, 0.15) is 40.5 Å². The fraction of sp³-hybridized carbons (Fsp3) is 0.667. The van der Waals surface area contributed by atoms with Crippen molar-refractivity contribution in [1.29, 1.82) is 0 Å². The highest BCUT2D eigenvalue weighted by molar-refractivity contribution is 6.02. The van der Waals surface area contributed by atoms with Gasteiger partial charge in [0.1, 0.15) is 5.60 Å². The Bertz CT molecular complexity index is 738. The van der Waals surface area contributed by atoms with Crippen LogP contribution in [-0.4, -0.2) is 37.7 Å². The topological polar surface area (TPSA) is 78.9 Å². The van der Waals surface area contributed by atoms with Crippen molar-refractivity contribution in [2.45, 2.75) is 46.1 Å². The van der Waals surface area contributed by atoms with Crippen LogP contribution in [0.25, 0.3) is 0 Å². The molecule has 0 N–H and O–H groups in total. The van der Waals surface area contributed by atoms with Crippen molar-refractivity contribution in [3.8, 4) is 0 Å². The van der Waals surface area contributed by atoms with Gasteiger partial charge in [-0.15, -0.1) is 0 Å². The Labute approximate surface area is 159 Å². The van der Waals surface area contributed by atoms with Crippen molar-refractivity contribution in [2.24, 2.45) is 29.6 Å². The van der Waals surface area contributed by atoms with Crippen LogP contribution in [0, 0.1) is 29.6 Å². The zero-order valence-corrected chi connectivity index (χ0v) is 16.8. The summed E-state index contributed by atoms with van der Waals surface area (Å²) in [7, 11) is 2.65. The normalized spacial score (nSPS) is 31.5. The van der Waals surface area contributed by atoms with Crippen molar-refractivity contribution < 1.29 is 28.6 Å². The lowest BCUT2D eigenvalue weighted by Crippen LogP contribution is -2.33. The molecule has 6 heteroatoms. The van der Waals surface area contributed by atoms with E-state index in [9.17, 15) is 14.4 Å². The number of methoxy groups -OCH3 is 2. The van der Waals surface area contributed by atoms with Gasteiger partial charge in [-0.05, 0) is 63.7 Å². The first-order valence-electron chi connectivity index (χ1n) is 9.40. The summed E-state index contributed by atoms with van der Waals surface area (Å²) in [5.74, 6) is -1.04. The van der Waals surface area contributed by atoms with Gasteiger partial charge in [0.15, 0.2) is 0 Å². The molecular formula is C21H28O6. The smallest absolute Gasteiger partial charge is 0.334 e. The maximum atomic E-state index is 12.4. The Balaban J connectivity index is 1.91. The van der Waals surface area contributed by atoms with E-state index in [0.717, 1.165) is 6.42 Å². The van der Waals surface area contributed by atoms with Crippen LogP contribution in [0.4, 0.5) is 0 Å². The minimum Gasteiger partial charge on any atom is -0.466 e. The van der Waals surface area contributed by atoms with Crippen LogP contribution in [-0.2, 0) is 28.6 Å². The van der Waals surface area contributed by atoms with Crippen LogP contribution in [0.15, 0.2) is 22.8 Å². The van der Waals surface area contributed by atoms with Crippen LogP contribution in [0.5, 0.6) is 0 Å². The van der Waals surface area contributed by atoms with E-state index in [-0.39, 0.29) is 42.0 Å². The Morgan fingerprint density at radius 2 is 1.59 bits per heavy atom.